The van der Waals surface area contributed by atoms with Crippen LogP contribution in [0.2, 0.25) is 0 Å². The van der Waals surface area contributed by atoms with Gasteiger partial charge in [0.2, 0.25) is 0 Å². The maximum atomic E-state index is 12.6. The largest absolute Gasteiger partial charge is 0.349 e. The molecule has 0 spiro atoms. The highest BCUT2D eigenvalue weighted by atomic mass is 16.1. The number of hydrogen-bond acceptors (Lipinski definition) is 3. The molecular weight excluding hydrogens is 374 g/mol. The molecule has 0 saturated carbocycles. The third-order valence-corrected chi connectivity index (χ3v) is 5.71. The average Bonchev–Trinajstić information content (AvgIpc) is 2.75. The maximum Gasteiger partial charge on any atom is 0.267 e. The van der Waals surface area contributed by atoms with E-state index in [0.717, 1.165) is 29.7 Å². The van der Waals surface area contributed by atoms with Crippen LogP contribution in [0.1, 0.15) is 58.9 Å². The van der Waals surface area contributed by atoms with Crippen LogP contribution in [0.4, 0.5) is 0 Å². The Balaban J connectivity index is 1.44. The molecule has 2 aromatic carbocycles. The van der Waals surface area contributed by atoms with Gasteiger partial charge in [-0.05, 0) is 54.0 Å². The third kappa shape index (κ3) is 4.51. The molecule has 30 heavy (non-hydrogen) atoms. The van der Waals surface area contributed by atoms with Gasteiger partial charge in [0.1, 0.15) is 0 Å². The number of amides is 1. The summed E-state index contributed by atoms with van der Waals surface area (Å²) in [6.07, 6.45) is 2.21. The number of carbonyl (C=O) groups excluding carboxylic acids is 1. The summed E-state index contributed by atoms with van der Waals surface area (Å²) in [6.45, 7) is 4.74. The molecule has 4 rings (SSSR count). The first kappa shape index (κ1) is 20.1. The lowest BCUT2D eigenvalue weighted by atomic mass is 9.92. The molecule has 3 aromatic rings. The van der Waals surface area contributed by atoms with Crippen molar-refractivity contribution < 1.29 is 4.79 Å². The van der Waals surface area contributed by atoms with Crippen LogP contribution in [0.25, 0.3) is 0 Å². The molecule has 1 heterocycles. The summed E-state index contributed by atoms with van der Waals surface area (Å²) in [4.78, 5) is 25.2. The van der Waals surface area contributed by atoms with E-state index in [2.05, 4.69) is 24.3 Å². The number of hydrogen-bond donors (Lipinski definition) is 1. The Morgan fingerprint density at radius 3 is 2.57 bits per heavy atom. The Morgan fingerprint density at radius 2 is 1.87 bits per heavy atom. The number of aromatic nitrogens is 2. The second kappa shape index (κ2) is 8.66. The standard InChI is InChI=1S/C25H27N3O2/c1-17(2)19-8-10-20(11-9-19)25(30)26-22-12-13-23-21(14-22)15-24(29)28(27-23)16-18-6-4-3-5-7-18/h3-11,15,17,22H,12-14,16H2,1-2H3,(H,26,30). The third-order valence-electron chi connectivity index (χ3n) is 5.71. The van der Waals surface area contributed by atoms with E-state index in [9.17, 15) is 9.59 Å². The zero-order chi connectivity index (χ0) is 21.1. The molecule has 0 aliphatic heterocycles. The van der Waals surface area contributed by atoms with Gasteiger partial charge >= 0.3 is 0 Å². The first-order valence-electron chi connectivity index (χ1n) is 10.5. The highest BCUT2D eigenvalue weighted by Crippen LogP contribution is 2.19. The van der Waals surface area contributed by atoms with E-state index in [4.69, 9.17) is 0 Å². The van der Waals surface area contributed by atoms with Gasteiger partial charge in [-0.2, -0.15) is 5.10 Å². The van der Waals surface area contributed by atoms with Gasteiger partial charge in [-0.25, -0.2) is 4.68 Å². The minimum atomic E-state index is -0.103. The summed E-state index contributed by atoms with van der Waals surface area (Å²) in [5.41, 5.74) is 4.73. The normalized spacial score (nSPS) is 15.6. The lowest BCUT2D eigenvalue weighted by Crippen LogP contribution is -2.40. The fourth-order valence-corrected chi connectivity index (χ4v) is 3.91. The molecule has 0 bridgehead atoms. The van der Waals surface area contributed by atoms with Crippen molar-refractivity contribution in [3.05, 3.63) is 99.0 Å². The van der Waals surface area contributed by atoms with Crippen molar-refractivity contribution in [3.8, 4) is 0 Å². The van der Waals surface area contributed by atoms with E-state index < -0.39 is 0 Å². The molecule has 1 unspecified atom stereocenters. The monoisotopic (exact) mass is 401 g/mol. The Bertz CT molecular complexity index is 1090. The zero-order valence-electron chi connectivity index (χ0n) is 17.5. The van der Waals surface area contributed by atoms with Crippen molar-refractivity contribution in [2.45, 2.75) is 51.6 Å². The van der Waals surface area contributed by atoms with E-state index in [1.165, 1.54) is 10.2 Å². The average molecular weight is 402 g/mol. The molecular formula is C25H27N3O2. The van der Waals surface area contributed by atoms with Gasteiger partial charge < -0.3 is 5.32 Å². The number of fused-ring (bicyclic) bond motifs is 1. The van der Waals surface area contributed by atoms with Gasteiger partial charge in [-0.15, -0.1) is 0 Å². The second-order valence-corrected chi connectivity index (χ2v) is 8.29. The van der Waals surface area contributed by atoms with Crippen molar-refractivity contribution in [1.29, 1.82) is 0 Å². The van der Waals surface area contributed by atoms with Gasteiger partial charge in [0.05, 0.1) is 12.2 Å². The van der Waals surface area contributed by atoms with Crippen molar-refractivity contribution in [2.24, 2.45) is 0 Å². The molecule has 1 aromatic heterocycles. The summed E-state index contributed by atoms with van der Waals surface area (Å²) in [6, 6.07) is 19.3. The van der Waals surface area contributed by atoms with Gasteiger partial charge in [0, 0.05) is 17.7 Å². The lowest BCUT2D eigenvalue weighted by molar-refractivity contribution is 0.0933. The van der Waals surface area contributed by atoms with E-state index in [1.807, 2.05) is 54.6 Å². The number of benzene rings is 2. The fourth-order valence-electron chi connectivity index (χ4n) is 3.91. The van der Waals surface area contributed by atoms with Crippen LogP contribution in [0.15, 0.2) is 65.5 Å². The van der Waals surface area contributed by atoms with Gasteiger partial charge in [0.25, 0.3) is 11.5 Å². The van der Waals surface area contributed by atoms with Crippen molar-refractivity contribution >= 4 is 5.91 Å². The molecule has 1 atom stereocenters. The summed E-state index contributed by atoms with van der Waals surface area (Å²) in [5.74, 6) is 0.375. The molecule has 0 fully saturated rings. The predicted octanol–water partition coefficient (Wildman–Crippen LogP) is 3.70. The first-order valence-corrected chi connectivity index (χ1v) is 10.5. The lowest BCUT2D eigenvalue weighted by Gasteiger charge is -2.25. The molecule has 0 radical (unpaired) electrons. The Hall–Kier alpha value is -3.21. The van der Waals surface area contributed by atoms with E-state index in [0.29, 0.717) is 24.4 Å². The van der Waals surface area contributed by atoms with Crippen molar-refractivity contribution in [3.63, 3.8) is 0 Å². The Kier molecular flexibility index (Phi) is 5.79. The Labute approximate surface area is 176 Å². The number of carbonyl (C=O) groups is 1. The van der Waals surface area contributed by atoms with Gasteiger partial charge in [0.15, 0.2) is 0 Å². The van der Waals surface area contributed by atoms with Gasteiger partial charge in [-0.1, -0.05) is 56.3 Å². The smallest absolute Gasteiger partial charge is 0.267 e. The summed E-state index contributed by atoms with van der Waals surface area (Å²) < 4.78 is 1.53. The molecule has 1 N–H and O–H groups in total. The van der Waals surface area contributed by atoms with Crippen molar-refractivity contribution in [2.75, 3.05) is 0 Å². The molecule has 5 nitrogen and oxygen atoms in total. The molecule has 1 aliphatic rings. The SMILES string of the molecule is CC(C)c1ccc(C(=O)NC2CCc3nn(Cc4ccccc4)c(=O)cc3C2)cc1. The zero-order valence-corrected chi connectivity index (χ0v) is 17.5. The highest BCUT2D eigenvalue weighted by Gasteiger charge is 2.23. The maximum absolute atomic E-state index is 12.6. The minimum absolute atomic E-state index is 0.0148. The first-order chi connectivity index (χ1) is 14.5. The van der Waals surface area contributed by atoms with Crippen LogP contribution in [-0.4, -0.2) is 21.7 Å². The van der Waals surface area contributed by atoms with Crippen LogP contribution in [-0.2, 0) is 19.4 Å². The van der Waals surface area contributed by atoms with Crippen LogP contribution in [0, 0.1) is 0 Å². The van der Waals surface area contributed by atoms with Gasteiger partial charge in [-0.3, -0.25) is 9.59 Å². The number of rotatable bonds is 5. The summed E-state index contributed by atoms with van der Waals surface area (Å²) >= 11 is 0. The van der Waals surface area contributed by atoms with Crippen LogP contribution >= 0.6 is 0 Å². The fraction of sp³-hybridized carbons (Fsp3) is 0.320. The molecule has 1 aliphatic carbocycles. The van der Waals surface area contributed by atoms with Crippen LogP contribution < -0.4 is 10.9 Å². The number of nitrogens with zero attached hydrogens (tertiary/aromatic N) is 2. The predicted molar refractivity (Wildman–Crippen MR) is 118 cm³/mol. The number of nitrogens with one attached hydrogen (secondary N) is 1. The minimum Gasteiger partial charge on any atom is -0.349 e. The van der Waals surface area contributed by atoms with Crippen LogP contribution in [0.3, 0.4) is 0 Å². The Morgan fingerprint density at radius 1 is 1.13 bits per heavy atom. The number of aryl methyl sites for hydroxylation is 1. The van der Waals surface area contributed by atoms with E-state index >= 15 is 0 Å². The topological polar surface area (TPSA) is 64.0 Å². The van der Waals surface area contributed by atoms with E-state index in [1.54, 1.807) is 6.07 Å². The summed E-state index contributed by atoms with van der Waals surface area (Å²) in [5, 5.41) is 7.72. The molecule has 1 amide bonds. The quantitative estimate of drug-likeness (QED) is 0.709. The molecule has 154 valence electrons. The van der Waals surface area contributed by atoms with Crippen LogP contribution in [0.5, 0.6) is 0 Å². The van der Waals surface area contributed by atoms with E-state index in [-0.39, 0.29) is 17.5 Å². The second-order valence-electron chi connectivity index (χ2n) is 8.29. The van der Waals surface area contributed by atoms with Crippen molar-refractivity contribution in [1.82, 2.24) is 15.1 Å². The highest BCUT2D eigenvalue weighted by molar-refractivity contribution is 5.94. The molecule has 0 saturated heterocycles. The summed E-state index contributed by atoms with van der Waals surface area (Å²) in [7, 11) is 0. The molecule has 5 heteroatoms.